The monoisotopic (exact) mass is 458 g/mol. The Kier molecular flexibility index (Phi) is 5.98. The predicted octanol–water partition coefficient (Wildman–Crippen LogP) is 7.28. The van der Waals surface area contributed by atoms with Gasteiger partial charge in [-0.1, -0.05) is 68.1 Å². The van der Waals surface area contributed by atoms with Gasteiger partial charge in [-0.2, -0.15) is 0 Å². The summed E-state index contributed by atoms with van der Waals surface area (Å²) in [6, 6.07) is 30.8. The molecule has 0 amide bonds. The molecule has 0 radical (unpaired) electrons. The molecule has 5 heteroatoms. The molecule has 35 heavy (non-hydrogen) atoms. The van der Waals surface area contributed by atoms with Crippen molar-refractivity contribution in [3.8, 4) is 28.3 Å². The highest BCUT2D eigenvalue weighted by Gasteiger charge is 2.13. The molecule has 1 aliphatic rings. The molecule has 5 aromatic rings. The molecule has 1 aliphatic heterocycles. The van der Waals surface area contributed by atoms with Crippen LogP contribution in [0.1, 0.15) is 18.6 Å². The van der Waals surface area contributed by atoms with Crippen molar-refractivity contribution < 1.29 is 4.74 Å². The highest BCUT2D eigenvalue weighted by Crippen LogP contribution is 2.31. The Morgan fingerprint density at radius 3 is 2.34 bits per heavy atom. The minimum atomic E-state index is 0. The number of benzene rings is 4. The van der Waals surface area contributed by atoms with E-state index in [0.717, 1.165) is 51.4 Å². The van der Waals surface area contributed by atoms with Crippen LogP contribution in [-0.4, -0.2) is 23.3 Å². The van der Waals surface area contributed by atoms with Gasteiger partial charge in [-0.15, -0.1) is 0 Å². The van der Waals surface area contributed by atoms with Gasteiger partial charge >= 0.3 is 0 Å². The molecule has 0 saturated carbocycles. The zero-order valence-corrected chi connectivity index (χ0v) is 18.7. The van der Waals surface area contributed by atoms with E-state index in [4.69, 9.17) is 14.7 Å². The summed E-state index contributed by atoms with van der Waals surface area (Å²) in [5, 5.41) is 4.41. The first-order valence-corrected chi connectivity index (χ1v) is 11.2. The van der Waals surface area contributed by atoms with Crippen molar-refractivity contribution in [2.45, 2.75) is 14.0 Å². The lowest BCUT2D eigenvalue weighted by molar-refractivity contribution is 0.415. The number of hydrogen-bond donors (Lipinski definition) is 1. The SMILES string of the molecule is C.COc1ccc2nc(-c3ccc(-c4ccccc4)cc3)nc(Nc3ccc4c(c3)C=NC4)c2c1. The Labute approximate surface area is 205 Å². The summed E-state index contributed by atoms with van der Waals surface area (Å²) >= 11 is 0. The van der Waals surface area contributed by atoms with Gasteiger partial charge in [0.25, 0.3) is 0 Å². The van der Waals surface area contributed by atoms with Crippen LogP contribution in [0.2, 0.25) is 0 Å². The van der Waals surface area contributed by atoms with Crippen LogP contribution in [0, 0.1) is 0 Å². The van der Waals surface area contributed by atoms with Gasteiger partial charge in [-0.25, -0.2) is 9.97 Å². The highest BCUT2D eigenvalue weighted by molar-refractivity contribution is 5.94. The molecule has 0 atom stereocenters. The van der Waals surface area contributed by atoms with E-state index in [1.807, 2.05) is 42.6 Å². The number of ether oxygens (including phenoxy) is 1. The third-order valence-electron chi connectivity index (χ3n) is 6.05. The molecule has 2 heterocycles. The minimum Gasteiger partial charge on any atom is -0.497 e. The van der Waals surface area contributed by atoms with Crippen LogP contribution >= 0.6 is 0 Å². The summed E-state index contributed by atoms with van der Waals surface area (Å²) < 4.78 is 5.46. The van der Waals surface area contributed by atoms with Crippen LogP contribution < -0.4 is 10.1 Å². The molecule has 5 nitrogen and oxygen atoms in total. The van der Waals surface area contributed by atoms with E-state index >= 15 is 0 Å². The zero-order valence-electron chi connectivity index (χ0n) is 18.7. The third-order valence-corrected chi connectivity index (χ3v) is 6.05. The standard InChI is InChI=1S/C29H22N4O.CH4/c1-34-25-13-14-27-26(16-25)29(31-24-12-11-22-17-30-18-23(22)15-24)33-28(32-27)21-9-7-20(8-10-21)19-5-3-2-4-6-19;/h2-16,18H,17H2,1H3,(H,31,32,33);1H4. The molecule has 0 unspecified atom stereocenters. The zero-order chi connectivity index (χ0) is 22.9. The van der Waals surface area contributed by atoms with Crippen molar-refractivity contribution in [3.63, 3.8) is 0 Å². The number of rotatable bonds is 5. The van der Waals surface area contributed by atoms with Gasteiger partial charge in [0.15, 0.2) is 5.82 Å². The van der Waals surface area contributed by atoms with E-state index in [-0.39, 0.29) is 7.43 Å². The molecule has 0 aliphatic carbocycles. The maximum absolute atomic E-state index is 5.46. The van der Waals surface area contributed by atoms with Crippen molar-refractivity contribution >= 4 is 28.6 Å². The van der Waals surface area contributed by atoms with Crippen LogP contribution in [-0.2, 0) is 6.54 Å². The Balaban J connectivity index is 0.00000253. The highest BCUT2D eigenvalue weighted by atomic mass is 16.5. The van der Waals surface area contributed by atoms with Crippen LogP contribution in [0.5, 0.6) is 5.75 Å². The number of hydrogen-bond acceptors (Lipinski definition) is 5. The van der Waals surface area contributed by atoms with E-state index in [2.05, 4.69) is 64.9 Å². The van der Waals surface area contributed by atoms with Gasteiger partial charge in [0, 0.05) is 22.9 Å². The van der Waals surface area contributed by atoms with Gasteiger partial charge < -0.3 is 10.1 Å². The molecule has 0 fully saturated rings. The first-order chi connectivity index (χ1) is 16.8. The van der Waals surface area contributed by atoms with Crippen LogP contribution in [0.3, 0.4) is 0 Å². The molecule has 0 spiro atoms. The Morgan fingerprint density at radius 2 is 1.54 bits per heavy atom. The van der Waals surface area contributed by atoms with Crippen LogP contribution in [0.4, 0.5) is 11.5 Å². The molecule has 0 saturated heterocycles. The summed E-state index contributed by atoms with van der Waals surface area (Å²) in [6.45, 7) is 0.742. The average molecular weight is 459 g/mol. The van der Waals surface area contributed by atoms with Crippen LogP contribution in [0.15, 0.2) is 96.0 Å². The van der Waals surface area contributed by atoms with E-state index in [1.54, 1.807) is 7.11 Å². The smallest absolute Gasteiger partial charge is 0.162 e. The lowest BCUT2D eigenvalue weighted by atomic mass is 10.0. The van der Waals surface area contributed by atoms with E-state index < -0.39 is 0 Å². The molecule has 1 aromatic heterocycles. The number of fused-ring (bicyclic) bond motifs is 2. The second kappa shape index (κ2) is 9.39. The second-order valence-corrected chi connectivity index (χ2v) is 8.23. The summed E-state index contributed by atoms with van der Waals surface area (Å²) in [5.41, 5.74) is 7.48. The molecule has 0 bridgehead atoms. The fourth-order valence-electron chi connectivity index (χ4n) is 4.22. The van der Waals surface area contributed by atoms with Gasteiger partial charge in [0.1, 0.15) is 11.6 Å². The number of aromatic nitrogens is 2. The first kappa shape index (κ1) is 22.3. The molecular weight excluding hydrogens is 432 g/mol. The summed E-state index contributed by atoms with van der Waals surface area (Å²) in [4.78, 5) is 14.1. The lowest BCUT2D eigenvalue weighted by Crippen LogP contribution is -2.00. The lowest BCUT2D eigenvalue weighted by Gasteiger charge is -2.13. The van der Waals surface area contributed by atoms with E-state index in [0.29, 0.717) is 5.82 Å². The average Bonchev–Trinajstić information content (AvgIpc) is 3.37. The summed E-state index contributed by atoms with van der Waals surface area (Å²) in [7, 11) is 1.66. The Hall–Kier alpha value is -4.51. The number of nitrogens with zero attached hydrogens (tertiary/aromatic N) is 3. The normalized spacial score (nSPS) is 11.7. The van der Waals surface area contributed by atoms with Gasteiger partial charge in [-0.05, 0) is 52.6 Å². The Morgan fingerprint density at radius 1 is 0.771 bits per heavy atom. The van der Waals surface area contributed by atoms with Gasteiger partial charge in [0.05, 0.1) is 19.2 Å². The van der Waals surface area contributed by atoms with Gasteiger partial charge in [0.2, 0.25) is 0 Å². The minimum absolute atomic E-state index is 0. The maximum atomic E-state index is 5.46. The second-order valence-electron chi connectivity index (χ2n) is 8.23. The summed E-state index contributed by atoms with van der Waals surface area (Å²) in [5.74, 6) is 2.17. The molecule has 6 rings (SSSR count). The summed E-state index contributed by atoms with van der Waals surface area (Å²) in [6.07, 6.45) is 1.92. The fourth-order valence-corrected chi connectivity index (χ4v) is 4.22. The van der Waals surface area contributed by atoms with Crippen molar-refractivity contribution in [1.29, 1.82) is 0 Å². The van der Waals surface area contributed by atoms with Crippen LogP contribution in [0.25, 0.3) is 33.4 Å². The topological polar surface area (TPSA) is 59.4 Å². The first-order valence-electron chi connectivity index (χ1n) is 11.2. The van der Waals surface area contributed by atoms with Crippen molar-refractivity contribution in [1.82, 2.24) is 9.97 Å². The van der Waals surface area contributed by atoms with E-state index in [1.165, 1.54) is 11.1 Å². The molecule has 172 valence electrons. The number of methoxy groups -OCH3 is 1. The van der Waals surface area contributed by atoms with Gasteiger partial charge in [-0.3, -0.25) is 4.99 Å². The molecular formula is C30H26N4O. The van der Waals surface area contributed by atoms with Crippen molar-refractivity contribution in [2.75, 3.05) is 12.4 Å². The number of anilines is 2. The number of aliphatic imine (C=N–C) groups is 1. The van der Waals surface area contributed by atoms with E-state index in [9.17, 15) is 0 Å². The quantitative estimate of drug-likeness (QED) is 0.300. The third kappa shape index (κ3) is 4.36. The molecule has 1 N–H and O–H groups in total. The van der Waals surface area contributed by atoms with Crippen molar-refractivity contribution in [2.24, 2.45) is 4.99 Å². The maximum Gasteiger partial charge on any atom is 0.162 e. The Bertz CT molecular complexity index is 1530. The predicted molar refractivity (Wildman–Crippen MR) is 145 cm³/mol. The molecule has 4 aromatic carbocycles. The van der Waals surface area contributed by atoms with Crippen molar-refractivity contribution in [3.05, 3.63) is 102 Å². The fraction of sp³-hybridized carbons (Fsp3) is 0.100. The largest absolute Gasteiger partial charge is 0.497 e. The number of nitrogens with one attached hydrogen (secondary N) is 1.